The fraction of sp³-hybridized carbons (Fsp3) is 0.333. The first-order valence-electron chi connectivity index (χ1n) is 1.36. The van der Waals surface area contributed by atoms with Gasteiger partial charge in [0, 0.05) is 0 Å². The Hall–Kier alpha value is -0.110. The molecule has 0 aromatic carbocycles. The molecule has 0 amide bonds. The largest absolute Gasteiger partial charge is 0.188 e. The third-order valence-electron chi connectivity index (χ3n) is 0.203. The Morgan fingerprint density at radius 3 is 2.33 bits per heavy atom. The summed E-state index contributed by atoms with van der Waals surface area (Å²) >= 11 is 8.72. The van der Waals surface area contributed by atoms with Crippen LogP contribution in [0.4, 0.5) is 0 Å². The molecule has 0 heterocycles. The van der Waals surface area contributed by atoms with Gasteiger partial charge in [0.05, 0.1) is 5.16 Å². The number of rotatable bonds is 0. The summed E-state index contributed by atoms with van der Waals surface area (Å²) in [4.78, 5) is 3.95. The molecule has 0 aliphatic rings. The van der Waals surface area contributed by atoms with Crippen LogP contribution in [0.2, 0.25) is 0 Å². The lowest BCUT2D eigenvalue weighted by molar-refractivity contribution is 1.74. The summed E-state index contributed by atoms with van der Waals surface area (Å²) in [5.41, 5.74) is 0. The number of thiocarbonyl (C=S) groups is 2. The van der Waals surface area contributed by atoms with Gasteiger partial charge in [-0.05, 0) is 19.1 Å². The second-order valence-electron chi connectivity index (χ2n) is 0.722. The van der Waals surface area contributed by atoms with E-state index in [2.05, 4.69) is 34.6 Å². The van der Waals surface area contributed by atoms with Crippen molar-refractivity contribution in [2.75, 3.05) is 0 Å². The molecule has 0 atom stereocenters. The molecule has 0 saturated heterocycles. The van der Waals surface area contributed by atoms with E-state index in [1.807, 2.05) is 0 Å². The van der Waals surface area contributed by atoms with Crippen LogP contribution >= 0.6 is 24.4 Å². The zero-order valence-corrected chi connectivity index (χ0v) is 4.90. The Morgan fingerprint density at radius 2 is 2.33 bits per heavy atom. The monoisotopic (exact) mass is 117 g/mol. The van der Waals surface area contributed by atoms with Crippen molar-refractivity contribution in [3.8, 4) is 0 Å². The molecule has 0 aliphatic carbocycles. The van der Waals surface area contributed by atoms with Crippen molar-refractivity contribution in [1.82, 2.24) is 0 Å². The summed E-state index contributed by atoms with van der Waals surface area (Å²) in [6.07, 6.45) is 0. The molecule has 0 N–H and O–H groups in total. The van der Waals surface area contributed by atoms with E-state index in [1.165, 1.54) is 0 Å². The minimum Gasteiger partial charge on any atom is -0.188 e. The molecule has 3 heteroatoms. The summed E-state index contributed by atoms with van der Waals surface area (Å²) in [7, 11) is 0. The molecule has 0 rings (SSSR count). The molecule has 0 aromatic heterocycles. The van der Waals surface area contributed by atoms with Gasteiger partial charge < -0.3 is 0 Å². The van der Waals surface area contributed by atoms with Crippen molar-refractivity contribution in [1.29, 1.82) is 0 Å². The quantitative estimate of drug-likeness (QED) is 0.351. The van der Waals surface area contributed by atoms with Crippen molar-refractivity contribution in [2.24, 2.45) is 4.99 Å². The average molecular weight is 117 g/mol. The van der Waals surface area contributed by atoms with Gasteiger partial charge >= 0.3 is 0 Å². The van der Waals surface area contributed by atoms with Gasteiger partial charge in [-0.15, -0.1) is 0 Å². The third kappa shape index (κ3) is 3.89. The average Bonchev–Trinajstić information content (AvgIpc) is 1.35. The van der Waals surface area contributed by atoms with Gasteiger partial charge in [-0.1, -0.05) is 12.2 Å². The second kappa shape index (κ2) is 3.09. The summed E-state index contributed by atoms with van der Waals surface area (Å²) in [5.74, 6) is 0. The maximum absolute atomic E-state index is 4.50. The molecular weight excluding hydrogens is 114 g/mol. The highest BCUT2D eigenvalue weighted by atomic mass is 32.1. The summed E-state index contributed by atoms with van der Waals surface area (Å²) < 4.78 is 0. The van der Waals surface area contributed by atoms with Crippen LogP contribution in [-0.2, 0) is 0 Å². The Kier molecular flexibility index (Phi) is 3.04. The number of hydrogen-bond donors (Lipinski definition) is 0. The zero-order valence-electron chi connectivity index (χ0n) is 3.26. The van der Waals surface area contributed by atoms with Crippen molar-refractivity contribution in [2.45, 2.75) is 6.92 Å². The predicted molar refractivity (Wildman–Crippen MR) is 33.3 cm³/mol. The van der Waals surface area contributed by atoms with Crippen LogP contribution in [0.1, 0.15) is 6.92 Å². The van der Waals surface area contributed by atoms with Gasteiger partial charge in [0.1, 0.15) is 4.99 Å². The van der Waals surface area contributed by atoms with E-state index in [0.29, 0.717) is 4.99 Å². The number of hydrogen-bond acceptors (Lipinski definition) is 2. The van der Waals surface area contributed by atoms with Crippen molar-refractivity contribution < 1.29 is 0 Å². The van der Waals surface area contributed by atoms with E-state index in [9.17, 15) is 0 Å². The lowest BCUT2D eigenvalue weighted by atomic mass is 10.8. The molecule has 0 aromatic rings. The maximum atomic E-state index is 4.50. The molecule has 6 heavy (non-hydrogen) atoms. The SMILES string of the molecule is CC(=S)N=C=S. The highest BCUT2D eigenvalue weighted by Crippen LogP contribution is 1.70. The topological polar surface area (TPSA) is 12.4 Å². The first-order chi connectivity index (χ1) is 2.77. The molecule has 0 saturated carbocycles. The molecule has 0 radical (unpaired) electrons. The maximum Gasteiger partial charge on any atom is 0.111 e. The van der Waals surface area contributed by atoms with E-state index < -0.39 is 0 Å². The van der Waals surface area contributed by atoms with Crippen molar-refractivity contribution in [3.63, 3.8) is 0 Å². The van der Waals surface area contributed by atoms with Crippen molar-refractivity contribution >= 4 is 34.6 Å². The lowest BCUT2D eigenvalue weighted by Crippen LogP contribution is -1.71. The number of nitrogens with zero attached hydrogens (tertiary/aromatic N) is 1. The first-order valence-corrected chi connectivity index (χ1v) is 2.17. The van der Waals surface area contributed by atoms with E-state index in [1.54, 1.807) is 6.92 Å². The molecule has 0 aliphatic heterocycles. The Balaban J connectivity index is 3.60. The molecular formula is C3H3NS2. The highest BCUT2D eigenvalue weighted by molar-refractivity contribution is 7.80. The normalized spacial score (nSPS) is 6.17. The Labute approximate surface area is 47.1 Å². The standard InChI is InChI=1S/C3H3NS2/c1-3(6)4-2-5/h1H3. The van der Waals surface area contributed by atoms with Gasteiger partial charge in [0.2, 0.25) is 0 Å². The molecule has 0 unspecified atom stereocenters. The van der Waals surface area contributed by atoms with E-state index in [0.717, 1.165) is 0 Å². The van der Waals surface area contributed by atoms with E-state index in [-0.39, 0.29) is 0 Å². The number of aliphatic imine (C=N–C) groups is 1. The van der Waals surface area contributed by atoms with Gasteiger partial charge in [0.15, 0.2) is 0 Å². The van der Waals surface area contributed by atoms with Crippen LogP contribution in [0.15, 0.2) is 4.99 Å². The minimum atomic E-state index is 0.532. The van der Waals surface area contributed by atoms with Crippen LogP contribution in [-0.4, -0.2) is 10.1 Å². The van der Waals surface area contributed by atoms with Gasteiger partial charge in [0.25, 0.3) is 0 Å². The zero-order chi connectivity index (χ0) is 4.99. The fourth-order valence-electron chi connectivity index (χ4n) is 0.0643. The third-order valence-corrected chi connectivity index (χ3v) is 0.386. The van der Waals surface area contributed by atoms with Gasteiger partial charge in [-0.25, -0.2) is 0 Å². The molecule has 32 valence electrons. The van der Waals surface area contributed by atoms with E-state index >= 15 is 0 Å². The van der Waals surface area contributed by atoms with Crippen LogP contribution in [0.5, 0.6) is 0 Å². The van der Waals surface area contributed by atoms with E-state index in [4.69, 9.17) is 0 Å². The van der Waals surface area contributed by atoms with Crippen LogP contribution in [0.3, 0.4) is 0 Å². The lowest BCUT2D eigenvalue weighted by Gasteiger charge is -1.67. The van der Waals surface area contributed by atoms with Crippen molar-refractivity contribution in [3.05, 3.63) is 0 Å². The van der Waals surface area contributed by atoms with Crippen LogP contribution in [0, 0.1) is 0 Å². The van der Waals surface area contributed by atoms with Crippen LogP contribution < -0.4 is 0 Å². The minimum absolute atomic E-state index is 0.532. The summed E-state index contributed by atoms with van der Waals surface area (Å²) in [5, 5.41) is 2.13. The molecule has 0 bridgehead atoms. The van der Waals surface area contributed by atoms with Gasteiger partial charge in [-0.2, -0.15) is 4.99 Å². The fourth-order valence-corrected chi connectivity index (χ4v) is 0.305. The highest BCUT2D eigenvalue weighted by Gasteiger charge is 1.67. The predicted octanol–water partition coefficient (Wildman–Crippen LogP) is 1.44. The smallest absolute Gasteiger partial charge is 0.111 e. The Bertz CT molecular complexity index is 101. The Morgan fingerprint density at radius 1 is 1.83 bits per heavy atom. The molecule has 0 spiro atoms. The first kappa shape index (κ1) is 5.89. The second-order valence-corrected chi connectivity index (χ2v) is 1.50. The molecule has 0 fully saturated rings. The summed E-state index contributed by atoms with van der Waals surface area (Å²) in [6, 6.07) is 0. The van der Waals surface area contributed by atoms with Gasteiger partial charge in [-0.3, -0.25) is 0 Å². The summed E-state index contributed by atoms with van der Waals surface area (Å²) in [6.45, 7) is 1.69. The number of isothiocyanates is 1. The van der Waals surface area contributed by atoms with Crippen LogP contribution in [0.25, 0.3) is 0 Å². The molecule has 1 nitrogen and oxygen atoms in total.